The summed E-state index contributed by atoms with van der Waals surface area (Å²) < 4.78 is 0. The van der Waals surface area contributed by atoms with Gasteiger partial charge in [0.1, 0.15) is 0 Å². The SMILES string of the molecule is CCCC1CC1N1CCCC(N)C1=O. The van der Waals surface area contributed by atoms with E-state index in [1.807, 2.05) is 4.90 Å². The molecule has 3 heteroatoms. The van der Waals surface area contributed by atoms with E-state index in [1.165, 1.54) is 19.3 Å². The van der Waals surface area contributed by atoms with Crippen LogP contribution in [0.25, 0.3) is 0 Å². The Morgan fingerprint density at radius 1 is 1.57 bits per heavy atom. The van der Waals surface area contributed by atoms with Crippen LogP contribution in [0.1, 0.15) is 39.0 Å². The van der Waals surface area contributed by atoms with Crippen LogP contribution in [0.4, 0.5) is 0 Å². The van der Waals surface area contributed by atoms with Gasteiger partial charge in [-0.05, 0) is 31.6 Å². The van der Waals surface area contributed by atoms with Crippen molar-refractivity contribution in [2.75, 3.05) is 6.54 Å². The summed E-state index contributed by atoms with van der Waals surface area (Å²) in [6.07, 6.45) is 5.67. The lowest BCUT2D eigenvalue weighted by molar-refractivity contribution is -0.135. The maximum atomic E-state index is 11.8. The third-order valence-corrected chi connectivity index (χ3v) is 3.46. The number of carbonyl (C=O) groups excluding carboxylic acids is 1. The Bertz CT molecular complexity index is 229. The summed E-state index contributed by atoms with van der Waals surface area (Å²) >= 11 is 0. The monoisotopic (exact) mass is 196 g/mol. The largest absolute Gasteiger partial charge is 0.338 e. The summed E-state index contributed by atoms with van der Waals surface area (Å²) in [4.78, 5) is 13.8. The topological polar surface area (TPSA) is 46.3 Å². The van der Waals surface area contributed by atoms with E-state index in [2.05, 4.69) is 6.92 Å². The highest BCUT2D eigenvalue weighted by atomic mass is 16.2. The van der Waals surface area contributed by atoms with Crippen molar-refractivity contribution in [3.8, 4) is 0 Å². The quantitative estimate of drug-likeness (QED) is 0.735. The molecule has 80 valence electrons. The summed E-state index contributed by atoms with van der Waals surface area (Å²) in [6.45, 7) is 3.15. The molecule has 0 bridgehead atoms. The van der Waals surface area contributed by atoms with E-state index in [4.69, 9.17) is 5.73 Å². The number of carbonyl (C=O) groups is 1. The number of rotatable bonds is 3. The smallest absolute Gasteiger partial charge is 0.239 e. The number of amides is 1. The van der Waals surface area contributed by atoms with Gasteiger partial charge in [-0.15, -0.1) is 0 Å². The molecule has 0 aromatic carbocycles. The third kappa shape index (κ3) is 1.78. The van der Waals surface area contributed by atoms with Crippen LogP contribution in [0, 0.1) is 5.92 Å². The van der Waals surface area contributed by atoms with Crippen molar-refractivity contribution < 1.29 is 4.79 Å². The summed E-state index contributed by atoms with van der Waals surface area (Å²) in [5, 5.41) is 0. The molecule has 14 heavy (non-hydrogen) atoms. The van der Waals surface area contributed by atoms with Gasteiger partial charge in [-0.3, -0.25) is 4.79 Å². The maximum Gasteiger partial charge on any atom is 0.239 e. The van der Waals surface area contributed by atoms with Crippen molar-refractivity contribution in [2.45, 2.75) is 51.1 Å². The Kier molecular flexibility index (Phi) is 2.77. The molecule has 1 aliphatic carbocycles. The standard InChI is InChI=1S/C11H20N2O/c1-2-4-8-7-10(8)13-6-3-5-9(12)11(13)14/h8-10H,2-7,12H2,1H3. The molecule has 1 aliphatic heterocycles. The molecule has 3 nitrogen and oxygen atoms in total. The Hall–Kier alpha value is -0.570. The van der Waals surface area contributed by atoms with Gasteiger partial charge in [0, 0.05) is 12.6 Å². The van der Waals surface area contributed by atoms with Crippen LogP contribution in [0.15, 0.2) is 0 Å². The van der Waals surface area contributed by atoms with Crippen LogP contribution >= 0.6 is 0 Å². The Labute approximate surface area is 85.6 Å². The molecule has 2 rings (SSSR count). The lowest BCUT2D eigenvalue weighted by Crippen LogP contribution is -2.49. The second-order valence-electron chi connectivity index (χ2n) is 4.63. The van der Waals surface area contributed by atoms with Crippen LogP contribution in [0.5, 0.6) is 0 Å². The van der Waals surface area contributed by atoms with Gasteiger partial charge < -0.3 is 10.6 Å². The molecule has 0 radical (unpaired) electrons. The third-order valence-electron chi connectivity index (χ3n) is 3.46. The van der Waals surface area contributed by atoms with Gasteiger partial charge in [0.25, 0.3) is 0 Å². The van der Waals surface area contributed by atoms with Gasteiger partial charge in [0.15, 0.2) is 0 Å². The van der Waals surface area contributed by atoms with E-state index < -0.39 is 0 Å². The summed E-state index contributed by atoms with van der Waals surface area (Å²) in [5.41, 5.74) is 5.76. The molecule has 3 unspecified atom stereocenters. The van der Waals surface area contributed by atoms with Crippen molar-refractivity contribution >= 4 is 5.91 Å². The first-order valence-corrected chi connectivity index (χ1v) is 5.80. The Morgan fingerprint density at radius 2 is 2.36 bits per heavy atom. The number of nitrogens with zero attached hydrogens (tertiary/aromatic N) is 1. The zero-order valence-electron chi connectivity index (χ0n) is 8.91. The average molecular weight is 196 g/mol. The Balaban J connectivity index is 1.89. The zero-order valence-corrected chi connectivity index (χ0v) is 8.91. The van der Waals surface area contributed by atoms with Gasteiger partial charge in [-0.25, -0.2) is 0 Å². The normalized spacial score (nSPS) is 37.4. The second-order valence-corrected chi connectivity index (χ2v) is 4.63. The molecule has 1 saturated carbocycles. The number of nitrogens with two attached hydrogens (primary N) is 1. The molecule has 3 atom stereocenters. The summed E-state index contributed by atoms with van der Waals surface area (Å²) in [5.74, 6) is 0.967. The first-order chi connectivity index (χ1) is 6.74. The first kappa shape index (κ1) is 9.97. The van der Waals surface area contributed by atoms with Crippen molar-refractivity contribution in [2.24, 2.45) is 11.7 Å². The number of hydrogen-bond donors (Lipinski definition) is 1. The minimum Gasteiger partial charge on any atom is -0.338 e. The molecule has 2 N–H and O–H groups in total. The summed E-state index contributed by atoms with van der Waals surface area (Å²) in [7, 11) is 0. The lowest BCUT2D eigenvalue weighted by Gasteiger charge is -2.31. The molecule has 0 spiro atoms. The van der Waals surface area contributed by atoms with Crippen LogP contribution in [-0.4, -0.2) is 29.4 Å². The molecule has 2 aliphatic rings. The highest BCUT2D eigenvalue weighted by Crippen LogP contribution is 2.40. The number of likely N-dealkylation sites (tertiary alicyclic amines) is 1. The second kappa shape index (κ2) is 3.89. The zero-order chi connectivity index (χ0) is 10.1. The predicted octanol–water partition coefficient (Wildman–Crippen LogP) is 1.12. The fraction of sp³-hybridized carbons (Fsp3) is 0.909. The van der Waals surface area contributed by atoms with E-state index in [0.717, 1.165) is 25.3 Å². The van der Waals surface area contributed by atoms with E-state index >= 15 is 0 Å². The van der Waals surface area contributed by atoms with Crippen molar-refractivity contribution in [3.05, 3.63) is 0 Å². The molecular formula is C11H20N2O. The molecule has 0 aromatic heterocycles. The van der Waals surface area contributed by atoms with Crippen LogP contribution < -0.4 is 5.73 Å². The Morgan fingerprint density at radius 3 is 3.07 bits per heavy atom. The maximum absolute atomic E-state index is 11.8. The van der Waals surface area contributed by atoms with E-state index in [1.54, 1.807) is 0 Å². The van der Waals surface area contributed by atoms with E-state index in [0.29, 0.717) is 6.04 Å². The predicted molar refractivity (Wildman–Crippen MR) is 55.7 cm³/mol. The molecule has 1 heterocycles. The first-order valence-electron chi connectivity index (χ1n) is 5.80. The van der Waals surface area contributed by atoms with Gasteiger partial charge >= 0.3 is 0 Å². The minimum absolute atomic E-state index is 0.194. The van der Waals surface area contributed by atoms with Crippen molar-refractivity contribution in [3.63, 3.8) is 0 Å². The highest BCUT2D eigenvalue weighted by Gasteiger charge is 2.44. The van der Waals surface area contributed by atoms with Crippen LogP contribution in [0.2, 0.25) is 0 Å². The molecule has 0 aromatic rings. The van der Waals surface area contributed by atoms with Crippen molar-refractivity contribution in [1.29, 1.82) is 0 Å². The number of hydrogen-bond acceptors (Lipinski definition) is 2. The van der Waals surface area contributed by atoms with Gasteiger partial charge in [0.05, 0.1) is 6.04 Å². The van der Waals surface area contributed by atoms with E-state index in [-0.39, 0.29) is 11.9 Å². The van der Waals surface area contributed by atoms with E-state index in [9.17, 15) is 4.79 Å². The fourth-order valence-corrected chi connectivity index (χ4v) is 2.55. The molecular weight excluding hydrogens is 176 g/mol. The van der Waals surface area contributed by atoms with Gasteiger partial charge in [0.2, 0.25) is 5.91 Å². The van der Waals surface area contributed by atoms with Gasteiger partial charge in [-0.2, -0.15) is 0 Å². The van der Waals surface area contributed by atoms with Crippen LogP contribution in [0.3, 0.4) is 0 Å². The molecule has 1 saturated heterocycles. The molecule has 2 fully saturated rings. The van der Waals surface area contributed by atoms with Gasteiger partial charge in [-0.1, -0.05) is 13.3 Å². The highest BCUT2D eigenvalue weighted by molar-refractivity contribution is 5.83. The fourth-order valence-electron chi connectivity index (χ4n) is 2.55. The summed E-state index contributed by atoms with van der Waals surface area (Å²) in [6, 6.07) is 0.320. The van der Waals surface area contributed by atoms with Crippen LogP contribution in [-0.2, 0) is 4.79 Å². The number of piperidine rings is 1. The van der Waals surface area contributed by atoms with Crippen molar-refractivity contribution in [1.82, 2.24) is 4.90 Å². The molecule has 1 amide bonds. The minimum atomic E-state index is -0.216. The average Bonchev–Trinajstić information content (AvgIpc) is 2.90. The lowest BCUT2D eigenvalue weighted by atomic mass is 10.1.